The van der Waals surface area contributed by atoms with Crippen molar-refractivity contribution in [3.63, 3.8) is 0 Å². The second kappa shape index (κ2) is 6.33. The summed E-state index contributed by atoms with van der Waals surface area (Å²) < 4.78 is 2.99. The number of likely N-dealkylation sites (tertiary alicyclic amines) is 1. The number of rotatable bonds is 1. The van der Waals surface area contributed by atoms with Crippen LogP contribution in [0.5, 0.6) is 0 Å². The van der Waals surface area contributed by atoms with Crippen molar-refractivity contribution in [2.75, 3.05) is 13.1 Å². The highest BCUT2D eigenvalue weighted by Gasteiger charge is 2.27. The third kappa shape index (κ3) is 2.83. The molecule has 7 nitrogen and oxygen atoms in total. The summed E-state index contributed by atoms with van der Waals surface area (Å²) >= 11 is 0. The van der Waals surface area contributed by atoms with Crippen LogP contribution in [-0.4, -0.2) is 37.8 Å². The minimum atomic E-state index is -0.236. The van der Waals surface area contributed by atoms with Crippen LogP contribution in [0, 0.1) is 17.2 Å². The molecule has 27 heavy (non-hydrogen) atoms. The van der Waals surface area contributed by atoms with Gasteiger partial charge in [-0.15, -0.1) is 0 Å². The number of hydrogen-bond donors (Lipinski definition) is 1. The lowest BCUT2D eigenvalue weighted by Gasteiger charge is -2.35. The number of pyridine rings is 2. The number of fused-ring (bicyclic) bond motifs is 2. The first kappa shape index (κ1) is 17.5. The average molecular weight is 365 g/mol. The Bertz CT molecular complexity index is 1170. The first-order chi connectivity index (χ1) is 12.9. The molecule has 2 unspecified atom stereocenters. The normalized spacial score (nSPS) is 20.3. The van der Waals surface area contributed by atoms with E-state index in [1.54, 1.807) is 31.4 Å². The highest BCUT2D eigenvalue weighted by atomic mass is 16.2. The Balaban J connectivity index is 1.91. The largest absolute Gasteiger partial charge is 0.338 e. The number of aromatic nitrogens is 3. The predicted octanol–water partition coefficient (Wildman–Crippen LogP) is 1.78. The Morgan fingerprint density at radius 2 is 1.93 bits per heavy atom. The van der Waals surface area contributed by atoms with E-state index in [9.17, 15) is 9.59 Å². The fourth-order valence-corrected chi connectivity index (χ4v) is 4.13. The van der Waals surface area contributed by atoms with E-state index in [0.29, 0.717) is 41.6 Å². The molecule has 0 spiro atoms. The summed E-state index contributed by atoms with van der Waals surface area (Å²) in [6.45, 7) is 5.64. The Kier molecular flexibility index (Phi) is 4.09. The first-order valence-electron chi connectivity index (χ1n) is 9.22. The highest BCUT2D eigenvalue weighted by Crippen LogP contribution is 2.22. The second-order valence-electron chi connectivity index (χ2n) is 7.70. The van der Waals surface area contributed by atoms with Crippen molar-refractivity contribution in [1.29, 1.82) is 5.41 Å². The number of nitrogens with one attached hydrogen (secondary N) is 1. The molecule has 0 aliphatic carbocycles. The molecule has 4 rings (SSSR count). The fourth-order valence-electron chi connectivity index (χ4n) is 4.13. The van der Waals surface area contributed by atoms with Gasteiger partial charge in [0.25, 0.3) is 11.5 Å². The van der Waals surface area contributed by atoms with Crippen LogP contribution in [0.3, 0.4) is 0 Å². The lowest BCUT2D eigenvalue weighted by atomic mass is 9.91. The van der Waals surface area contributed by atoms with Gasteiger partial charge >= 0.3 is 0 Å². The Hall–Kier alpha value is -2.96. The van der Waals surface area contributed by atoms with Crippen molar-refractivity contribution in [3.05, 3.63) is 51.9 Å². The molecular formula is C20H23N5O2. The van der Waals surface area contributed by atoms with Gasteiger partial charge in [0.1, 0.15) is 16.8 Å². The molecule has 1 fully saturated rings. The van der Waals surface area contributed by atoms with Gasteiger partial charge in [-0.1, -0.05) is 19.9 Å². The lowest BCUT2D eigenvalue weighted by Crippen LogP contribution is -2.44. The SMILES string of the molecule is CC1CC(C)CN(C(=O)c2cc3c(=O)n4ccccc4nc3n(C)c2=N)C1. The summed E-state index contributed by atoms with van der Waals surface area (Å²) in [6.07, 6.45) is 2.76. The van der Waals surface area contributed by atoms with E-state index in [1.807, 2.05) is 11.0 Å². The van der Waals surface area contributed by atoms with Crippen molar-refractivity contribution in [3.8, 4) is 0 Å². The van der Waals surface area contributed by atoms with E-state index in [4.69, 9.17) is 5.41 Å². The fraction of sp³-hybridized carbons (Fsp3) is 0.400. The van der Waals surface area contributed by atoms with Crippen molar-refractivity contribution in [2.45, 2.75) is 20.3 Å². The minimum Gasteiger partial charge on any atom is -0.338 e. The van der Waals surface area contributed by atoms with E-state index < -0.39 is 0 Å². The topological polar surface area (TPSA) is 83.5 Å². The van der Waals surface area contributed by atoms with Crippen LogP contribution < -0.4 is 11.0 Å². The van der Waals surface area contributed by atoms with Gasteiger partial charge in [-0.2, -0.15) is 0 Å². The minimum absolute atomic E-state index is 0.0746. The number of carbonyl (C=O) groups excluding carboxylic acids is 1. The third-order valence-electron chi connectivity index (χ3n) is 5.33. The Morgan fingerprint density at radius 3 is 2.63 bits per heavy atom. The second-order valence-corrected chi connectivity index (χ2v) is 7.70. The molecule has 1 aliphatic heterocycles. The molecule has 1 N–H and O–H groups in total. The average Bonchev–Trinajstić information content (AvgIpc) is 2.64. The van der Waals surface area contributed by atoms with Crippen LogP contribution in [0.15, 0.2) is 35.3 Å². The maximum absolute atomic E-state index is 13.1. The van der Waals surface area contributed by atoms with Gasteiger partial charge in [0.15, 0.2) is 0 Å². The summed E-state index contributed by atoms with van der Waals surface area (Å²) in [5.41, 5.74) is 1.02. The lowest BCUT2D eigenvalue weighted by molar-refractivity contribution is 0.0620. The van der Waals surface area contributed by atoms with Crippen LogP contribution in [0.25, 0.3) is 16.7 Å². The molecule has 1 aliphatic rings. The smallest absolute Gasteiger partial charge is 0.267 e. The highest BCUT2D eigenvalue weighted by molar-refractivity contribution is 5.96. The predicted molar refractivity (Wildman–Crippen MR) is 103 cm³/mol. The Morgan fingerprint density at radius 1 is 1.22 bits per heavy atom. The third-order valence-corrected chi connectivity index (χ3v) is 5.33. The van der Waals surface area contributed by atoms with E-state index in [-0.39, 0.29) is 22.5 Å². The number of nitrogens with zero attached hydrogens (tertiary/aromatic N) is 4. The summed E-state index contributed by atoms with van der Waals surface area (Å²) in [5.74, 6) is 0.670. The van der Waals surface area contributed by atoms with Crippen LogP contribution in [0.1, 0.15) is 30.6 Å². The molecule has 140 valence electrons. The van der Waals surface area contributed by atoms with Gasteiger partial charge in [0.2, 0.25) is 0 Å². The molecule has 3 aromatic heterocycles. The molecule has 1 saturated heterocycles. The van der Waals surface area contributed by atoms with Crippen molar-refractivity contribution in [2.24, 2.45) is 18.9 Å². The molecular weight excluding hydrogens is 342 g/mol. The Labute approximate surface area is 156 Å². The van der Waals surface area contributed by atoms with Crippen LogP contribution >= 0.6 is 0 Å². The maximum atomic E-state index is 13.1. The molecule has 0 aromatic carbocycles. The summed E-state index contributed by atoms with van der Waals surface area (Å²) in [6, 6.07) is 6.87. The molecule has 0 bridgehead atoms. The van der Waals surface area contributed by atoms with E-state index in [1.165, 1.54) is 8.97 Å². The van der Waals surface area contributed by atoms with Gasteiger partial charge in [-0.3, -0.25) is 19.4 Å². The van der Waals surface area contributed by atoms with Crippen molar-refractivity contribution < 1.29 is 4.79 Å². The number of carbonyl (C=O) groups is 1. The summed E-state index contributed by atoms with van der Waals surface area (Å²) in [4.78, 5) is 32.4. The molecule has 4 heterocycles. The quantitative estimate of drug-likeness (QED) is 0.667. The molecule has 2 atom stereocenters. The zero-order chi connectivity index (χ0) is 19.3. The molecule has 3 aromatic rings. The van der Waals surface area contributed by atoms with E-state index in [0.717, 1.165) is 6.42 Å². The van der Waals surface area contributed by atoms with Gasteiger partial charge in [-0.05, 0) is 36.5 Å². The van der Waals surface area contributed by atoms with Crippen molar-refractivity contribution >= 4 is 22.6 Å². The maximum Gasteiger partial charge on any atom is 0.267 e. The standard InChI is InChI=1S/C20H23N5O2/c1-12-8-13(2)11-24(10-12)19(26)14-9-15-18(23(3)17(14)21)22-16-6-4-5-7-25(16)20(15)27/h4-7,9,12-13,21H,8,10-11H2,1-3H3. The zero-order valence-electron chi connectivity index (χ0n) is 15.8. The number of piperidine rings is 1. The number of amides is 1. The van der Waals surface area contributed by atoms with Crippen molar-refractivity contribution in [1.82, 2.24) is 18.9 Å². The number of hydrogen-bond acceptors (Lipinski definition) is 4. The van der Waals surface area contributed by atoms with E-state index in [2.05, 4.69) is 18.8 Å². The number of aryl methyl sites for hydroxylation is 1. The monoisotopic (exact) mass is 365 g/mol. The van der Waals surface area contributed by atoms with Gasteiger partial charge < -0.3 is 9.47 Å². The molecule has 1 amide bonds. The van der Waals surface area contributed by atoms with Crippen LogP contribution in [0.4, 0.5) is 0 Å². The summed E-state index contributed by atoms with van der Waals surface area (Å²) in [5, 5.41) is 8.82. The zero-order valence-corrected chi connectivity index (χ0v) is 15.8. The summed E-state index contributed by atoms with van der Waals surface area (Å²) in [7, 11) is 1.68. The van der Waals surface area contributed by atoms with E-state index >= 15 is 0 Å². The van der Waals surface area contributed by atoms with Gasteiger partial charge in [-0.25, -0.2) is 4.98 Å². The molecule has 0 radical (unpaired) electrons. The van der Waals surface area contributed by atoms with Crippen LogP contribution in [-0.2, 0) is 7.05 Å². The molecule has 0 saturated carbocycles. The molecule has 7 heteroatoms. The van der Waals surface area contributed by atoms with Gasteiger partial charge in [0, 0.05) is 26.3 Å². The van der Waals surface area contributed by atoms with Gasteiger partial charge in [0.05, 0.1) is 10.9 Å². The van der Waals surface area contributed by atoms with Crippen LogP contribution in [0.2, 0.25) is 0 Å². The first-order valence-corrected chi connectivity index (χ1v) is 9.22.